The average molecular weight is 314 g/mol. The van der Waals surface area contributed by atoms with Gasteiger partial charge < -0.3 is 15.0 Å². The van der Waals surface area contributed by atoms with Gasteiger partial charge in [0, 0.05) is 24.0 Å². The van der Waals surface area contributed by atoms with E-state index in [0.29, 0.717) is 25.2 Å². The molecule has 2 atom stereocenters. The van der Waals surface area contributed by atoms with Gasteiger partial charge in [0.1, 0.15) is 5.69 Å². The zero-order valence-corrected chi connectivity index (χ0v) is 13.7. The van der Waals surface area contributed by atoms with Gasteiger partial charge in [-0.2, -0.15) is 0 Å². The van der Waals surface area contributed by atoms with Gasteiger partial charge in [0.15, 0.2) is 0 Å². The molecule has 2 N–H and O–H groups in total. The number of fused-ring (bicyclic) bond motifs is 1. The van der Waals surface area contributed by atoms with Gasteiger partial charge in [-0.15, -0.1) is 0 Å². The topological polar surface area (TPSA) is 73.4 Å². The largest absolute Gasteiger partial charge is 0.481 e. The van der Waals surface area contributed by atoms with E-state index in [2.05, 4.69) is 11.1 Å². The number of nitrogens with one attached hydrogen (secondary N) is 1. The number of nitrogens with zero attached hydrogens (tertiary/aromatic N) is 1. The Kier molecular flexibility index (Phi) is 3.88. The number of carboxylic acid groups (broad SMARTS) is 1. The first-order valence-corrected chi connectivity index (χ1v) is 7.99. The zero-order valence-electron chi connectivity index (χ0n) is 13.7. The highest BCUT2D eigenvalue weighted by atomic mass is 16.4. The minimum atomic E-state index is -0.763. The number of aryl methyl sites for hydroxylation is 2. The summed E-state index contributed by atoms with van der Waals surface area (Å²) in [6.07, 6.45) is 0.514. The number of likely N-dealkylation sites (tertiary alicyclic amines) is 1. The lowest BCUT2D eigenvalue weighted by molar-refractivity contribution is -0.145. The predicted molar refractivity (Wildman–Crippen MR) is 88.6 cm³/mol. The highest BCUT2D eigenvalue weighted by molar-refractivity contribution is 5.99. The predicted octanol–water partition coefficient (Wildman–Crippen LogP) is 2.97. The molecule has 1 aromatic heterocycles. The summed E-state index contributed by atoms with van der Waals surface area (Å²) in [7, 11) is 0. The minimum Gasteiger partial charge on any atom is -0.481 e. The molecule has 1 saturated heterocycles. The SMILES string of the molecule is Cc1cc(C)c2cc(C(=O)N3CCC(C(=O)O)C(C)C3)[nH]c2c1. The number of hydrogen-bond donors (Lipinski definition) is 2. The second-order valence-corrected chi connectivity index (χ2v) is 6.69. The number of aliphatic carboxylic acids is 1. The molecular weight excluding hydrogens is 292 g/mol. The molecule has 2 unspecified atom stereocenters. The highest BCUT2D eigenvalue weighted by Crippen LogP contribution is 2.26. The normalized spacial score (nSPS) is 21.6. The van der Waals surface area contributed by atoms with Crippen LogP contribution in [-0.2, 0) is 4.79 Å². The van der Waals surface area contributed by atoms with Gasteiger partial charge in [0.25, 0.3) is 5.91 Å². The van der Waals surface area contributed by atoms with Gasteiger partial charge in [-0.3, -0.25) is 9.59 Å². The second kappa shape index (κ2) is 5.72. The van der Waals surface area contributed by atoms with Crippen LogP contribution >= 0.6 is 0 Å². The number of benzene rings is 1. The molecule has 1 amide bonds. The van der Waals surface area contributed by atoms with Crippen LogP contribution in [0.1, 0.15) is 35.0 Å². The lowest BCUT2D eigenvalue weighted by Crippen LogP contribution is -2.45. The maximum atomic E-state index is 12.7. The Hall–Kier alpha value is -2.30. The fraction of sp³-hybridized carbons (Fsp3) is 0.444. The Morgan fingerprint density at radius 1 is 1.26 bits per heavy atom. The number of rotatable bonds is 2. The number of carbonyl (C=O) groups excluding carboxylic acids is 1. The van der Waals surface area contributed by atoms with Crippen molar-refractivity contribution in [3.05, 3.63) is 35.0 Å². The van der Waals surface area contributed by atoms with Gasteiger partial charge in [-0.05, 0) is 49.4 Å². The second-order valence-electron chi connectivity index (χ2n) is 6.69. The quantitative estimate of drug-likeness (QED) is 0.895. The van der Waals surface area contributed by atoms with Crippen LogP contribution in [-0.4, -0.2) is 40.0 Å². The average Bonchev–Trinajstić information content (AvgIpc) is 2.90. The van der Waals surface area contributed by atoms with Crippen molar-refractivity contribution in [3.63, 3.8) is 0 Å². The molecule has 1 aliphatic rings. The Morgan fingerprint density at radius 3 is 2.65 bits per heavy atom. The van der Waals surface area contributed by atoms with Crippen molar-refractivity contribution in [1.29, 1.82) is 0 Å². The molecule has 122 valence electrons. The summed E-state index contributed by atoms with van der Waals surface area (Å²) < 4.78 is 0. The molecule has 0 radical (unpaired) electrons. The molecule has 0 saturated carbocycles. The third-order valence-corrected chi connectivity index (χ3v) is 4.83. The molecule has 5 heteroatoms. The first kappa shape index (κ1) is 15.6. The molecule has 0 bridgehead atoms. The van der Waals surface area contributed by atoms with E-state index >= 15 is 0 Å². The van der Waals surface area contributed by atoms with E-state index in [1.807, 2.05) is 32.9 Å². The highest BCUT2D eigenvalue weighted by Gasteiger charge is 2.33. The minimum absolute atomic E-state index is 0.0291. The molecule has 3 rings (SSSR count). The summed E-state index contributed by atoms with van der Waals surface area (Å²) in [5.41, 5.74) is 3.86. The van der Waals surface area contributed by atoms with E-state index in [0.717, 1.165) is 22.0 Å². The van der Waals surface area contributed by atoms with E-state index in [1.54, 1.807) is 4.90 Å². The van der Waals surface area contributed by atoms with Crippen LogP contribution < -0.4 is 0 Å². The summed E-state index contributed by atoms with van der Waals surface area (Å²) in [5.74, 6) is -1.19. The maximum Gasteiger partial charge on any atom is 0.306 e. The van der Waals surface area contributed by atoms with Crippen LogP contribution in [0.3, 0.4) is 0 Å². The Morgan fingerprint density at radius 2 is 2.00 bits per heavy atom. The van der Waals surface area contributed by atoms with Crippen LogP contribution in [0.25, 0.3) is 10.9 Å². The smallest absolute Gasteiger partial charge is 0.306 e. The number of carboxylic acids is 1. The van der Waals surface area contributed by atoms with Crippen molar-refractivity contribution >= 4 is 22.8 Å². The van der Waals surface area contributed by atoms with E-state index in [-0.39, 0.29) is 17.7 Å². The van der Waals surface area contributed by atoms with Gasteiger partial charge in [0.2, 0.25) is 0 Å². The van der Waals surface area contributed by atoms with E-state index < -0.39 is 5.97 Å². The maximum absolute atomic E-state index is 12.7. The molecule has 1 fully saturated rings. The standard InChI is InChI=1S/C18H22N2O3/c1-10-6-11(2)14-8-16(19-15(14)7-10)17(21)20-5-4-13(18(22)23)12(3)9-20/h6-8,12-13,19H,4-5,9H2,1-3H3,(H,22,23). The van der Waals surface area contributed by atoms with Crippen LogP contribution in [0.15, 0.2) is 18.2 Å². The molecule has 1 aromatic carbocycles. The lowest BCUT2D eigenvalue weighted by atomic mass is 9.87. The van der Waals surface area contributed by atoms with Crippen molar-refractivity contribution < 1.29 is 14.7 Å². The lowest BCUT2D eigenvalue weighted by Gasteiger charge is -2.34. The van der Waals surface area contributed by atoms with E-state index in [1.165, 1.54) is 0 Å². The number of aromatic amines is 1. The molecule has 0 spiro atoms. The number of amides is 1. The summed E-state index contributed by atoms with van der Waals surface area (Å²) in [5, 5.41) is 10.3. The zero-order chi connectivity index (χ0) is 16.7. The summed E-state index contributed by atoms with van der Waals surface area (Å²) in [6, 6.07) is 6.05. The van der Waals surface area contributed by atoms with Crippen LogP contribution in [0.2, 0.25) is 0 Å². The number of H-pyrrole nitrogens is 1. The van der Waals surface area contributed by atoms with Crippen molar-refractivity contribution in [2.45, 2.75) is 27.2 Å². The van der Waals surface area contributed by atoms with Gasteiger partial charge in [-0.25, -0.2) is 0 Å². The Balaban J connectivity index is 1.84. The van der Waals surface area contributed by atoms with Gasteiger partial charge in [-0.1, -0.05) is 13.0 Å². The van der Waals surface area contributed by atoms with Crippen molar-refractivity contribution in [2.75, 3.05) is 13.1 Å². The monoisotopic (exact) mass is 314 g/mol. The molecule has 5 nitrogen and oxygen atoms in total. The Bertz CT molecular complexity index is 778. The van der Waals surface area contributed by atoms with Gasteiger partial charge in [0.05, 0.1) is 5.92 Å². The van der Waals surface area contributed by atoms with Crippen molar-refractivity contribution in [2.24, 2.45) is 11.8 Å². The molecule has 2 heterocycles. The van der Waals surface area contributed by atoms with Crippen LogP contribution in [0.5, 0.6) is 0 Å². The van der Waals surface area contributed by atoms with E-state index in [9.17, 15) is 14.7 Å². The van der Waals surface area contributed by atoms with Crippen molar-refractivity contribution in [1.82, 2.24) is 9.88 Å². The van der Waals surface area contributed by atoms with Crippen LogP contribution in [0.4, 0.5) is 0 Å². The summed E-state index contributed by atoms with van der Waals surface area (Å²) in [4.78, 5) is 28.9. The number of piperidine rings is 1. The van der Waals surface area contributed by atoms with Gasteiger partial charge >= 0.3 is 5.97 Å². The third kappa shape index (κ3) is 2.83. The Labute approximate surface area is 135 Å². The number of hydrogen-bond acceptors (Lipinski definition) is 2. The molecule has 23 heavy (non-hydrogen) atoms. The fourth-order valence-corrected chi connectivity index (χ4v) is 3.58. The third-order valence-electron chi connectivity index (χ3n) is 4.83. The summed E-state index contributed by atoms with van der Waals surface area (Å²) in [6.45, 7) is 6.96. The summed E-state index contributed by atoms with van der Waals surface area (Å²) >= 11 is 0. The number of aromatic nitrogens is 1. The van der Waals surface area contributed by atoms with Crippen molar-refractivity contribution in [3.8, 4) is 0 Å². The molecular formula is C18H22N2O3. The molecule has 2 aromatic rings. The first-order valence-electron chi connectivity index (χ1n) is 7.99. The number of carbonyl (C=O) groups is 2. The fourth-order valence-electron chi connectivity index (χ4n) is 3.58. The van der Waals surface area contributed by atoms with E-state index in [4.69, 9.17) is 0 Å². The molecule has 0 aliphatic carbocycles. The first-order chi connectivity index (χ1) is 10.9. The van der Waals surface area contributed by atoms with Crippen LogP contribution in [0, 0.1) is 25.7 Å². The molecule has 1 aliphatic heterocycles.